The predicted octanol–water partition coefficient (Wildman–Crippen LogP) is 1.25. The van der Waals surface area contributed by atoms with E-state index in [1.54, 1.807) is 12.4 Å². The Kier molecular flexibility index (Phi) is 4.55. The van der Waals surface area contributed by atoms with Crippen LogP contribution in [0.4, 0.5) is 5.82 Å². The molecule has 3 heterocycles. The zero-order valence-corrected chi connectivity index (χ0v) is 14.4. The lowest BCUT2D eigenvalue weighted by molar-refractivity contribution is 0.147. The Hall–Kier alpha value is -2.18. The first-order chi connectivity index (χ1) is 12.3. The van der Waals surface area contributed by atoms with E-state index < -0.39 is 0 Å². The number of hydrogen-bond acceptors (Lipinski definition) is 5. The highest BCUT2D eigenvalue weighted by atomic mass is 16.5. The standard InChI is InChI=1S/C19H24N4O2/c24-18-17(20-7-8-21-18)23-11-9-22(10-12-23)14-19(6-13-25-15-19)16-4-2-1-3-5-16/h1-5,7-8H,6,9-15H2,(H,21,24). The molecule has 4 rings (SSSR count). The lowest BCUT2D eigenvalue weighted by Gasteiger charge is -2.40. The fourth-order valence-electron chi connectivity index (χ4n) is 3.96. The summed E-state index contributed by atoms with van der Waals surface area (Å²) in [6, 6.07) is 10.7. The Morgan fingerprint density at radius 1 is 1.16 bits per heavy atom. The van der Waals surface area contributed by atoms with Crippen molar-refractivity contribution in [3.63, 3.8) is 0 Å². The summed E-state index contributed by atoms with van der Waals surface area (Å²) in [4.78, 5) is 23.4. The topological polar surface area (TPSA) is 61.5 Å². The van der Waals surface area contributed by atoms with Gasteiger partial charge in [0.2, 0.25) is 0 Å². The smallest absolute Gasteiger partial charge is 0.290 e. The second kappa shape index (κ2) is 6.98. The van der Waals surface area contributed by atoms with Gasteiger partial charge in [0, 0.05) is 57.1 Å². The maximum absolute atomic E-state index is 11.9. The Bertz CT molecular complexity index is 747. The van der Waals surface area contributed by atoms with Gasteiger partial charge >= 0.3 is 0 Å². The van der Waals surface area contributed by atoms with E-state index in [1.807, 2.05) is 0 Å². The van der Waals surface area contributed by atoms with Crippen LogP contribution in [0.3, 0.4) is 0 Å². The van der Waals surface area contributed by atoms with E-state index >= 15 is 0 Å². The predicted molar refractivity (Wildman–Crippen MR) is 97.1 cm³/mol. The molecule has 2 aliphatic heterocycles. The second-order valence-electron chi connectivity index (χ2n) is 6.95. The van der Waals surface area contributed by atoms with Crippen LogP contribution in [-0.2, 0) is 10.2 Å². The molecule has 0 spiro atoms. The van der Waals surface area contributed by atoms with E-state index in [1.165, 1.54) is 5.56 Å². The summed E-state index contributed by atoms with van der Waals surface area (Å²) in [5.41, 5.74) is 1.35. The quantitative estimate of drug-likeness (QED) is 0.908. The minimum Gasteiger partial charge on any atom is -0.380 e. The van der Waals surface area contributed by atoms with Gasteiger partial charge in [-0.15, -0.1) is 0 Å². The van der Waals surface area contributed by atoms with Gasteiger partial charge in [0.05, 0.1) is 6.61 Å². The number of aromatic nitrogens is 2. The largest absolute Gasteiger partial charge is 0.380 e. The number of piperazine rings is 1. The highest BCUT2D eigenvalue weighted by Gasteiger charge is 2.38. The van der Waals surface area contributed by atoms with E-state index in [2.05, 4.69) is 50.1 Å². The molecule has 2 aliphatic rings. The molecule has 25 heavy (non-hydrogen) atoms. The van der Waals surface area contributed by atoms with E-state index in [-0.39, 0.29) is 11.0 Å². The number of anilines is 1. The van der Waals surface area contributed by atoms with Crippen LogP contribution >= 0.6 is 0 Å². The average molecular weight is 340 g/mol. The number of nitrogens with zero attached hydrogens (tertiary/aromatic N) is 3. The van der Waals surface area contributed by atoms with Crippen LogP contribution in [0.1, 0.15) is 12.0 Å². The fraction of sp³-hybridized carbons (Fsp3) is 0.474. The molecular formula is C19H24N4O2. The van der Waals surface area contributed by atoms with Crippen molar-refractivity contribution in [2.75, 3.05) is 50.8 Å². The van der Waals surface area contributed by atoms with Crippen LogP contribution in [0.2, 0.25) is 0 Å². The normalized spacial score (nSPS) is 24.6. The Labute approximate surface area is 147 Å². The van der Waals surface area contributed by atoms with Gasteiger partial charge in [-0.05, 0) is 12.0 Å². The van der Waals surface area contributed by atoms with Crippen molar-refractivity contribution in [3.8, 4) is 0 Å². The van der Waals surface area contributed by atoms with Gasteiger partial charge in [0.15, 0.2) is 5.82 Å². The summed E-state index contributed by atoms with van der Waals surface area (Å²) in [7, 11) is 0. The van der Waals surface area contributed by atoms with Gasteiger partial charge in [0.1, 0.15) is 0 Å². The molecule has 6 heteroatoms. The third kappa shape index (κ3) is 3.32. The minimum atomic E-state index is -0.110. The molecule has 2 saturated heterocycles. The molecule has 0 saturated carbocycles. The van der Waals surface area contributed by atoms with Gasteiger partial charge in [-0.2, -0.15) is 0 Å². The maximum atomic E-state index is 11.9. The number of aromatic amines is 1. The number of hydrogen-bond donors (Lipinski definition) is 1. The van der Waals surface area contributed by atoms with Gasteiger partial charge in [0.25, 0.3) is 5.56 Å². The third-order valence-corrected chi connectivity index (χ3v) is 5.38. The van der Waals surface area contributed by atoms with Gasteiger partial charge < -0.3 is 14.6 Å². The Balaban J connectivity index is 1.44. The van der Waals surface area contributed by atoms with Crippen molar-refractivity contribution in [2.24, 2.45) is 0 Å². The molecule has 2 aromatic rings. The molecular weight excluding hydrogens is 316 g/mol. The molecule has 1 unspecified atom stereocenters. The number of ether oxygens (including phenoxy) is 1. The highest BCUT2D eigenvalue weighted by Crippen LogP contribution is 2.34. The second-order valence-corrected chi connectivity index (χ2v) is 6.95. The first-order valence-corrected chi connectivity index (χ1v) is 8.91. The monoisotopic (exact) mass is 340 g/mol. The molecule has 6 nitrogen and oxygen atoms in total. The van der Waals surface area contributed by atoms with Crippen LogP contribution in [0.15, 0.2) is 47.5 Å². The molecule has 132 valence electrons. The lowest BCUT2D eigenvalue weighted by Crippen LogP contribution is -2.52. The minimum absolute atomic E-state index is 0.0892. The molecule has 2 fully saturated rings. The van der Waals surface area contributed by atoms with Crippen LogP contribution < -0.4 is 10.5 Å². The number of benzene rings is 1. The van der Waals surface area contributed by atoms with Crippen molar-refractivity contribution < 1.29 is 4.74 Å². The van der Waals surface area contributed by atoms with E-state index in [9.17, 15) is 4.79 Å². The summed E-state index contributed by atoms with van der Waals surface area (Å²) < 4.78 is 5.77. The van der Waals surface area contributed by atoms with E-state index in [4.69, 9.17) is 4.74 Å². The molecule has 1 N–H and O–H groups in total. The van der Waals surface area contributed by atoms with Crippen LogP contribution in [0.5, 0.6) is 0 Å². The van der Waals surface area contributed by atoms with Crippen LogP contribution in [0, 0.1) is 0 Å². The zero-order valence-electron chi connectivity index (χ0n) is 14.4. The Morgan fingerprint density at radius 2 is 1.96 bits per heavy atom. The number of nitrogens with one attached hydrogen (secondary N) is 1. The van der Waals surface area contributed by atoms with Gasteiger partial charge in [-0.3, -0.25) is 9.69 Å². The average Bonchev–Trinajstić information content (AvgIpc) is 3.13. The summed E-state index contributed by atoms with van der Waals surface area (Å²) in [5, 5.41) is 0. The molecule has 1 aromatic heterocycles. The van der Waals surface area contributed by atoms with Crippen molar-refractivity contribution >= 4 is 5.82 Å². The molecule has 1 aromatic carbocycles. The van der Waals surface area contributed by atoms with Crippen molar-refractivity contribution in [2.45, 2.75) is 11.8 Å². The molecule has 0 aliphatic carbocycles. The number of H-pyrrole nitrogens is 1. The maximum Gasteiger partial charge on any atom is 0.290 e. The van der Waals surface area contributed by atoms with Crippen molar-refractivity contribution in [3.05, 3.63) is 58.6 Å². The first-order valence-electron chi connectivity index (χ1n) is 8.91. The highest BCUT2D eigenvalue weighted by molar-refractivity contribution is 5.36. The van der Waals surface area contributed by atoms with Gasteiger partial charge in [-0.1, -0.05) is 30.3 Å². The molecule has 0 amide bonds. The summed E-state index contributed by atoms with van der Waals surface area (Å²) in [6.45, 7) is 6.14. The lowest BCUT2D eigenvalue weighted by atomic mass is 9.79. The van der Waals surface area contributed by atoms with Crippen molar-refractivity contribution in [1.29, 1.82) is 0 Å². The Morgan fingerprint density at radius 3 is 2.64 bits per heavy atom. The first kappa shape index (κ1) is 16.3. The summed E-state index contributed by atoms with van der Waals surface area (Å²) in [5.74, 6) is 0.532. The summed E-state index contributed by atoms with van der Waals surface area (Å²) >= 11 is 0. The molecule has 0 bridgehead atoms. The fourth-order valence-corrected chi connectivity index (χ4v) is 3.96. The molecule has 1 atom stereocenters. The van der Waals surface area contributed by atoms with Crippen LogP contribution in [-0.4, -0.2) is 60.8 Å². The van der Waals surface area contributed by atoms with Gasteiger partial charge in [-0.25, -0.2) is 4.98 Å². The van der Waals surface area contributed by atoms with E-state index in [0.717, 1.165) is 52.4 Å². The zero-order chi connectivity index (χ0) is 17.1. The van der Waals surface area contributed by atoms with E-state index in [0.29, 0.717) is 5.82 Å². The third-order valence-electron chi connectivity index (χ3n) is 5.38. The van der Waals surface area contributed by atoms with Crippen molar-refractivity contribution in [1.82, 2.24) is 14.9 Å². The number of rotatable bonds is 4. The summed E-state index contributed by atoms with van der Waals surface area (Å²) in [6.07, 6.45) is 4.28. The van der Waals surface area contributed by atoms with Crippen LogP contribution in [0.25, 0.3) is 0 Å². The SMILES string of the molecule is O=c1[nH]ccnc1N1CCN(CC2(c3ccccc3)CCOC2)CC1. The molecule has 0 radical (unpaired) electrons.